The number of aromatic nitrogens is 1. The highest BCUT2D eigenvalue weighted by Gasteiger charge is 2.29. The minimum Gasteiger partial charge on any atom is -0.291 e. The van der Waals surface area contributed by atoms with Crippen LogP contribution in [-0.2, 0) is 4.79 Å². The van der Waals surface area contributed by atoms with E-state index >= 15 is 0 Å². The van der Waals surface area contributed by atoms with Gasteiger partial charge in [0.1, 0.15) is 0 Å². The predicted octanol–water partition coefficient (Wildman–Crippen LogP) is 2.52. The zero-order valence-electron chi connectivity index (χ0n) is 9.41. The first-order valence-corrected chi connectivity index (χ1v) is 6.13. The van der Waals surface area contributed by atoms with Crippen LogP contribution in [0.5, 0.6) is 0 Å². The molecule has 0 bridgehead atoms. The number of carbonyl (C=O) groups is 1. The molecule has 0 unspecified atom stereocenters. The lowest BCUT2D eigenvalue weighted by Crippen LogP contribution is -2.36. The van der Waals surface area contributed by atoms with Gasteiger partial charge in [-0.2, -0.15) is 0 Å². The highest BCUT2D eigenvalue weighted by molar-refractivity contribution is 7.15. The number of nitrogens with zero attached hydrogens (tertiary/aromatic N) is 2. The van der Waals surface area contributed by atoms with Gasteiger partial charge in [-0.05, 0) is 26.7 Å². The molecular weight excluding hydrogens is 208 g/mol. The molecule has 0 atom stereocenters. The van der Waals surface area contributed by atoms with E-state index in [2.05, 4.69) is 4.98 Å². The first-order chi connectivity index (χ1) is 7.09. The van der Waals surface area contributed by atoms with Gasteiger partial charge in [-0.25, -0.2) is 4.98 Å². The topological polar surface area (TPSA) is 33.2 Å². The molecule has 3 nitrogen and oxygen atoms in total. The standard InChI is InChI=1S/C11H16N2OS/c1-7-8(2)15-11(12-7)13(3)10(14)9-5-4-6-9/h9H,4-6H2,1-3H3. The number of carbonyl (C=O) groups excluding carboxylic acids is 1. The maximum Gasteiger partial charge on any atom is 0.231 e. The Kier molecular flexibility index (Phi) is 2.78. The predicted molar refractivity (Wildman–Crippen MR) is 62.3 cm³/mol. The van der Waals surface area contributed by atoms with Gasteiger partial charge in [-0.15, -0.1) is 11.3 Å². The number of thiazole rings is 1. The van der Waals surface area contributed by atoms with E-state index in [4.69, 9.17) is 0 Å². The molecule has 1 aliphatic carbocycles. The number of aryl methyl sites for hydroxylation is 2. The van der Waals surface area contributed by atoms with Crippen LogP contribution in [0.25, 0.3) is 0 Å². The van der Waals surface area contributed by atoms with Crippen molar-refractivity contribution in [3.63, 3.8) is 0 Å². The summed E-state index contributed by atoms with van der Waals surface area (Å²) < 4.78 is 0. The normalized spacial score (nSPS) is 16.2. The van der Waals surface area contributed by atoms with E-state index in [1.54, 1.807) is 16.2 Å². The minimum atomic E-state index is 0.231. The van der Waals surface area contributed by atoms with Crippen molar-refractivity contribution in [1.82, 2.24) is 4.98 Å². The van der Waals surface area contributed by atoms with Crippen molar-refractivity contribution in [2.24, 2.45) is 5.92 Å². The second-order valence-electron chi connectivity index (χ2n) is 4.16. The fourth-order valence-electron chi connectivity index (χ4n) is 1.62. The summed E-state index contributed by atoms with van der Waals surface area (Å²) in [6, 6.07) is 0. The molecule has 0 saturated heterocycles. The van der Waals surface area contributed by atoms with Crippen LogP contribution in [0, 0.1) is 19.8 Å². The fraction of sp³-hybridized carbons (Fsp3) is 0.636. The van der Waals surface area contributed by atoms with Crippen molar-refractivity contribution in [3.05, 3.63) is 10.6 Å². The van der Waals surface area contributed by atoms with Crippen LogP contribution in [0.2, 0.25) is 0 Å². The average molecular weight is 224 g/mol. The van der Waals surface area contributed by atoms with Crippen molar-refractivity contribution < 1.29 is 4.79 Å². The second-order valence-corrected chi connectivity index (χ2v) is 5.34. The highest BCUT2D eigenvalue weighted by Crippen LogP contribution is 2.31. The summed E-state index contributed by atoms with van der Waals surface area (Å²) in [5.74, 6) is 0.481. The van der Waals surface area contributed by atoms with Crippen LogP contribution < -0.4 is 4.90 Å². The molecule has 1 saturated carbocycles. The molecule has 82 valence electrons. The first-order valence-electron chi connectivity index (χ1n) is 5.31. The summed E-state index contributed by atoms with van der Waals surface area (Å²) in [5.41, 5.74) is 1.03. The monoisotopic (exact) mass is 224 g/mol. The smallest absolute Gasteiger partial charge is 0.231 e. The maximum absolute atomic E-state index is 11.9. The Bertz CT molecular complexity index is 362. The molecule has 0 aliphatic heterocycles. The summed E-state index contributed by atoms with van der Waals surface area (Å²) in [4.78, 5) is 19.2. The van der Waals surface area contributed by atoms with Gasteiger partial charge in [0.25, 0.3) is 0 Å². The fourth-order valence-corrected chi connectivity index (χ4v) is 2.50. The van der Waals surface area contributed by atoms with Gasteiger partial charge in [0.05, 0.1) is 5.69 Å². The summed E-state index contributed by atoms with van der Waals surface area (Å²) in [5, 5.41) is 0.835. The molecular formula is C11H16N2OS. The van der Waals surface area contributed by atoms with Gasteiger partial charge in [0, 0.05) is 17.8 Å². The van der Waals surface area contributed by atoms with Crippen molar-refractivity contribution in [1.29, 1.82) is 0 Å². The highest BCUT2D eigenvalue weighted by atomic mass is 32.1. The zero-order chi connectivity index (χ0) is 11.0. The molecule has 0 N–H and O–H groups in total. The molecule has 1 fully saturated rings. The third-order valence-corrected chi connectivity index (χ3v) is 4.24. The molecule has 1 heterocycles. The largest absolute Gasteiger partial charge is 0.291 e. The lowest BCUT2D eigenvalue weighted by molar-refractivity contribution is -0.124. The summed E-state index contributed by atoms with van der Waals surface area (Å²) in [6.07, 6.45) is 3.29. The van der Waals surface area contributed by atoms with Crippen LogP contribution in [0.4, 0.5) is 5.13 Å². The number of rotatable bonds is 2. The molecule has 1 aromatic heterocycles. The van der Waals surface area contributed by atoms with Crippen LogP contribution in [0.3, 0.4) is 0 Å². The van der Waals surface area contributed by atoms with Crippen LogP contribution in [-0.4, -0.2) is 17.9 Å². The van der Waals surface area contributed by atoms with Gasteiger partial charge >= 0.3 is 0 Å². The summed E-state index contributed by atoms with van der Waals surface area (Å²) >= 11 is 1.60. The van der Waals surface area contributed by atoms with Crippen molar-refractivity contribution in [3.8, 4) is 0 Å². The lowest BCUT2D eigenvalue weighted by Gasteiger charge is -2.27. The minimum absolute atomic E-state index is 0.231. The Morgan fingerprint density at radius 3 is 2.53 bits per heavy atom. The van der Waals surface area contributed by atoms with E-state index in [1.807, 2.05) is 20.9 Å². The Morgan fingerprint density at radius 1 is 1.47 bits per heavy atom. The second kappa shape index (κ2) is 3.93. The molecule has 1 amide bonds. The Morgan fingerprint density at radius 2 is 2.13 bits per heavy atom. The number of amides is 1. The third kappa shape index (κ3) is 1.91. The van der Waals surface area contributed by atoms with Gasteiger partial charge in [-0.3, -0.25) is 9.69 Å². The zero-order valence-corrected chi connectivity index (χ0v) is 10.2. The lowest BCUT2D eigenvalue weighted by atomic mass is 9.84. The van der Waals surface area contributed by atoms with Crippen molar-refractivity contribution in [2.75, 3.05) is 11.9 Å². The Balaban J connectivity index is 2.12. The summed E-state index contributed by atoms with van der Waals surface area (Å²) in [6.45, 7) is 4.02. The molecule has 0 radical (unpaired) electrons. The van der Waals surface area contributed by atoms with Crippen molar-refractivity contribution in [2.45, 2.75) is 33.1 Å². The van der Waals surface area contributed by atoms with Crippen LogP contribution in [0.1, 0.15) is 29.8 Å². The van der Waals surface area contributed by atoms with E-state index in [0.29, 0.717) is 0 Å². The van der Waals surface area contributed by atoms with Gasteiger partial charge < -0.3 is 0 Å². The van der Waals surface area contributed by atoms with E-state index in [9.17, 15) is 4.79 Å². The average Bonchev–Trinajstić information content (AvgIpc) is 2.43. The van der Waals surface area contributed by atoms with E-state index in [1.165, 1.54) is 11.3 Å². The van der Waals surface area contributed by atoms with Crippen LogP contribution >= 0.6 is 11.3 Å². The van der Waals surface area contributed by atoms with E-state index < -0.39 is 0 Å². The van der Waals surface area contributed by atoms with Gasteiger partial charge in [0.15, 0.2) is 5.13 Å². The molecule has 0 aromatic carbocycles. The number of hydrogen-bond acceptors (Lipinski definition) is 3. The molecule has 4 heteroatoms. The maximum atomic E-state index is 11.9. The number of hydrogen-bond donors (Lipinski definition) is 0. The van der Waals surface area contributed by atoms with Gasteiger partial charge in [-0.1, -0.05) is 6.42 Å². The van der Waals surface area contributed by atoms with Crippen LogP contribution in [0.15, 0.2) is 0 Å². The molecule has 1 aliphatic rings. The van der Waals surface area contributed by atoms with Crippen molar-refractivity contribution >= 4 is 22.4 Å². The molecule has 0 spiro atoms. The third-order valence-electron chi connectivity index (χ3n) is 3.09. The Labute approximate surface area is 94.1 Å². The van der Waals surface area contributed by atoms with E-state index in [0.717, 1.165) is 23.7 Å². The molecule has 2 rings (SSSR count). The summed E-state index contributed by atoms with van der Waals surface area (Å²) in [7, 11) is 1.83. The number of anilines is 1. The Hall–Kier alpha value is -0.900. The van der Waals surface area contributed by atoms with Gasteiger partial charge in [0.2, 0.25) is 5.91 Å². The van der Waals surface area contributed by atoms with E-state index in [-0.39, 0.29) is 11.8 Å². The molecule has 1 aromatic rings. The SMILES string of the molecule is Cc1nc(N(C)C(=O)C2CCC2)sc1C. The first kappa shape index (κ1) is 10.6. The molecule has 15 heavy (non-hydrogen) atoms. The quantitative estimate of drug-likeness (QED) is 0.773.